The van der Waals surface area contributed by atoms with Crippen molar-refractivity contribution < 1.29 is 14.3 Å². The van der Waals surface area contributed by atoms with Crippen molar-refractivity contribution in [3.63, 3.8) is 0 Å². The van der Waals surface area contributed by atoms with Gasteiger partial charge in [0.25, 0.3) is 0 Å². The predicted molar refractivity (Wildman–Crippen MR) is 89.8 cm³/mol. The maximum Gasteiger partial charge on any atom is 0.324 e. The Morgan fingerprint density at radius 2 is 1.65 bits per heavy atom. The van der Waals surface area contributed by atoms with Crippen LogP contribution in [0.25, 0.3) is 0 Å². The van der Waals surface area contributed by atoms with Gasteiger partial charge in [-0.1, -0.05) is 43.4 Å². The Morgan fingerprint density at radius 1 is 1.15 bits per heavy atom. The average molecular weight is 390 g/mol. The molecule has 0 aliphatic carbocycles. The minimum atomic E-state index is -0.200. The quantitative estimate of drug-likeness (QED) is 0.291. The molecule has 0 spiro atoms. The lowest BCUT2D eigenvalue weighted by Crippen LogP contribution is -2.30. The zero-order valence-corrected chi connectivity index (χ0v) is 14.8. The van der Waals surface area contributed by atoms with Crippen LogP contribution in [0.2, 0.25) is 0 Å². The van der Waals surface area contributed by atoms with E-state index < -0.39 is 0 Å². The molecule has 1 atom stereocenters. The van der Waals surface area contributed by atoms with E-state index in [1.165, 1.54) is 0 Å². The molecule has 0 aromatic heterocycles. The van der Waals surface area contributed by atoms with Gasteiger partial charge in [-0.25, -0.2) is 0 Å². The number of hydrogen-bond donors (Lipinski definition) is 0. The largest absolute Gasteiger partial charge is 0.488 e. The second-order valence-corrected chi connectivity index (χ2v) is 6.53. The highest BCUT2D eigenvalue weighted by molar-refractivity contribution is 14.1. The molecule has 0 saturated heterocycles. The Hall–Kier alpha value is -0.780. The molecule has 20 heavy (non-hydrogen) atoms. The van der Waals surface area contributed by atoms with Crippen molar-refractivity contribution in [2.45, 2.75) is 56.5 Å². The zero-order chi connectivity index (χ0) is 15.2. The predicted octanol–water partition coefficient (Wildman–Crippen LogP) is 4.76. The third-order valence-corrected chi connectivity index (χ3v) is 4.91. The first-order valence-corrected chi connectivity index (χ1v) is 8.33. The number of rotatable bonds is 7. The van der Waals surface area contributed by atoms with Gasteiger partial charge in [-0.15, -0.1) is 0 Å². The first-order valence-electron chi connectivity index (χ1n) is 7.09. The fourth-order valence-corrected chi connectivity index (χ4v) is 1.73. The van der Waals surface area contributed by atoms with E-state index in [0.717, 1.165) is 25.0 Å². The summed E-state index contributed by atoms with van der Waals surface area (Å²) in [4.78, 5) is 11.7. The molecule has 0 fully saturated rings. The zero-order valence-electron chi connectivity index (χ0n) is 12.6. The SMILES string of the molecule is CCC(I)C(=O)Oc1ccc(OC(C)(CC)CC)cc1. The molecule has 0 bridgehead atoms. The molecule has 0 saturated carbocycles. The number of esters is 1. The smallest absolute Gasteiger partial charge is 0.324 e. The second kappa shape index (κ2) is 7.86. The number of benzene rings is 1. The molecule has 1 aromatic carbocycles. The number of ether oxygens (including phenoxy) is 2. The van der Waals surface area contributed by atoms with Gasteiger partial charge in [-0.2, -0.15) is 0 Å². The average Bonchev–Trinajstić information content (AvgIpc) is 2.48. The normalized spacial score (nSPS) is 12.8. The summed E-state index contributed by atoms with van der Waals surface area (Å²) < 4.78 is 11.2. The van der Waals surface area contributed by atoms with Crippen LogP contribution in [0.5, 0.6) is 11.5 Å². The lowest BCUT2D eigenvalue weighted by atomic mass is 10.00. The van der Waals surface area contributed by atoms with Gasteiger partial charge in [0.1, 0.15) is 21.0 Å². The van der Waals surface area contributed by atoms with E-state index in [1.807, 2.05) is 19.1 Å². The summed E-state index contributed by atoms with van der Waals surface area (Å²) >= 11 is 2.09. The van der Waals surface area contributed by atoms with Crippen LogP contribution >= 0.6 is 22.6 Å². The first-order chi connectivity index (χ1) is 9.44. The van der Waals surface area contributed by atoms with E-state index in [0.29, 0.717) is 5.75 Å². The Balaban J connectivity index is 2.67. The third-order valence-electron chi connectivity index (χ3n) is 3.52. The van der Waals surface area contributed by atoms with Crippen LogP contribution in [0, 0.1) is 0 Å². The first kappa shape index (κ1) is 17.3. The molecule has 0 aliphatic heterocycles. The van der Waals surface area contributed by atoms with Gasteiger partial charge in [-0.3, -0.25) is 4.79 Å². The molecule has 1 aromatic rings. The summed E-state index contributed by atoms with van der Waals surface area (Å²) in [5.41, 5.74) is -0.145. The lowest BCUT2D eigenvalue weighted by Gasteiger charge is -2.28. The van der Waals surface area contributed by atoms with E-state index in [2.05, 4.69) is 43.4 Å². The van der Waals surface area contributed by atoms with Crippen molar-refractivity contribution in [2.24, 2.45) is 0 Å². The number of carbonyl (C=O) groups is 1. The van der Waals surface area contributed by atoms with Crippen LogP contribution in [0.4, 0.5) is 0 Å². The molecule has 0 aliphatic rings. The van der Waals surface area contributed by atoms with Gasteiger partial charge in [0.15, 0.2) is 0 Å². The van der Waals surface area contributed by atoms with Gasteiger partial charge in [0, 0.05) is 0 Å². The molecule has 0 amide bonds. The van der Waals surface area contributed by atoms with Crippen molar-refractivity contribution in [3.8, 4) is 11.5 Å². The van der Waals surface area contributed by atoms with E-state index in [4.69, 9.17) is 9.47 Å². The minimum absolute atomic E-state index is 0.105. The summed E-state index contributed by atoms with van der Waals surface area (Å²) in [7, 11) is 0. The molecular formula is C16H23IO3. The van der Waals surface area contributed by atoms with Crippen molar-refractivity contribution in [1.29, 1.82) is 0 Å². The topological polar surface area (TPSA) is 35.5 Å². The van der Waals surface area contributed by atoms with E-state index in [9.17, 15) is 4.79 Å². The van der Waals surface area contributed by atoms with Crippen molar-refractivity contribution in [1.82, 2.24) is 0 Å². The molecule has 0 heterocycles. The van der Waals surface area contributed by atoms with Crippen molar-refractivity contribution in [3.05, 3.63) is 24.3 Å². The number of carbonyl (C=O) groups excluding carboxylic acids is 1. The van der Waals surface area contributed by atoms with Crippen LogP contribution in [-0.2, 0) is 4.79 Å². The van der Waals surface area contributed by atoms with Gasteiger partial charge in [0.2, 0.25) is 0 Å². The lowest BCUT2D eigenvalue weighted by molar-refractivity contribution is -0.133. The number of alkyl halides is 1. The van der Waals surface area contributed by atoms with Crippen LogP contribution in [0.1, 0.15) is 47.0 Å². The van der Waals surface area contributed by atoms with Crippen LogP contribution < -0.4 is 9.47 Å². The highest BCUT2D eigenvalue weighted by Gasteiger charge is 2.21. The monoisotopic (exact) mass is 390 g/mol. The molecule has 112 valence electrons. The van der Waals surface area contributed by atoms with E-state index in [-0.39, 0.29) is 15.5 Å². The van der Waals surface area contributed by atoms with Gasteiger partial charge in [0.05, 0.1) is 0 Å². The fraction of sp³-hybridized carbons (Fsp3) is 0.562. The van der Waals surface area contributed by atoms with Gasteiger partial charge >= 0.3 is 5.97 Å². The molecule has 3 nitrogen and oxygen atoms in total. The Kier molecular flexibility index (Phi) is 6.79. The van der Waals surface area contributed by atoms with E-state index >= 15 is 0 Å². The second-order valence-electron chi connectivity index (χ2n) is 5.03. The Bertz CT molecular complexity index is 424. The summed E-state index contributed by atoms with van der Waals surface area (Å²) in [6.07, 6.45) is 2.67. The molecule has 1 rings (SSSR count). The highest BCUT2D eigenvalue weighted by atomic mass is 127. The summed E-state index contributed by atoms with van der Waals surface area (Å²) in [5.74, 6) is 1.17. The maximum atomic E-state index is 11.7. The molecule has 0 radical (unpaired) electrons. The van der Waals surface area contributed by atoms with Crippen LogP contribution in [0.3, 0.4) is 0 Å². The number of hydrogen-bond acceptors (Lipinski definition) is 3. The fourth-order valence-electron chi connectivity index (χ4n) is 1.60. The molecule has 1 unspecified atom stereocenters. The minimum Gasteiger partial charge on any atom is -0.488 e. The Morgan fingerprint density at radius 3 is 2.10 bits per heavy atom. The van der Waals surface area contributed by atoms with Gasteiger partial charge < -0.3 is 9.47 Å². The van der Waals surface area contributed by atoms with Crippen molar-refractivity contribution in [2.75, 3.05) is 0 Å². The maximum absolute atomic E-state index is 11.7. The summed E-state index contributed by atoms with van der Waals surface area (Å²) in [6.45, 7) is 8.30. The van der Waals surface area contributed by atoms with Crippen LogP contribution in [0.15, 0.2) is 24.3 Å². The molecular weight excluding hydrogens is 367 g/mol. The van der Waals surface area contributed by atoms with E-state index in [1.54, 1.807) is 12.1 Å². The highest BCUT2D eigenvalue weighted by Crippen LogP contribution is 2.26. The molecule has 0 N–H and O–H groups in total. The molecule has 4 heteroatoms. The Labute approximate surface area is 135 Å². The standard InChI is InChI=1S/C16H23IO3/c1-5-14(17)15(18)19-12-8-10-13(11-9-12)20-16(4,6-2)7-3/h8-11,14H,5-7H2,1-4H3. The van der Waals surface area contributed by atoms with Gasteiger partial charge in [-0.05, 0) is 50.5 Å². The van der Waals surface area contributed by atoms with Crippen LogP contribution in [-0.4, -0.2) is 15.5 Å². The third kappa shape index (κ3) is 4.96. The summed E-state index contributed by atoms with van der Waals surface area (Å²) in [6, 6.07) is 7.25. The summed E-state index contributed by atoms with van der Waals surface area (Å²) in [5, 5.41) is 0. The van der Waals surface area contributed by atoms with Crippen molar-refractivity contribution >= 4 is 28.6 Å². The number of halogens is 1.